The monoisotopic (exact) mass is 173 g/mol. The molecule has 0 fully saturated rings. The van der Waals surface area contributed by atoms with E-state index in [1.807, 2.05) is 38.2 Å². The van der Waals surface area contributed by atoms with E-state index in [1.165, 1.54) is 0 Å². The molecule has 4 heteroatoms. The van der Waals surface area contributed by atoms with Gasteiger partial charge >= 0.3 is 0 Å². The summed E-state index contributed by atoms with van der Waals surface area (Å²) in [6, 6.07) is 0. The first-order valence-electron chi connectivity index (χ1n) is 4.29. The molecular weight excluding hydrogens is 156 g/mol. The molecule has 12 heavy (non-hydrogen) atoms. The smallest absolute Gasteiger partial charge is 0.222 e. The fourth-order valence-corrected chi connectivity index (χ4v) is 1.26. The average Bonchev–Trinajstić information content (AvgIpc) is 2.34. The second-order valence-electron chi connectivity index (χ2n) is 2.76. The number of hydrogen-bond donors (Lipinski definition) is 0. The Balaban J connectivity index is 2.55. The third-order valence-electron chi connectivity index (χ3n) is 1.66. The van der Waals surface area contributed by atoms with Crippen molar-refractivity contribution in [2.24, 2.45) is 0 Å². The number of hydroxylamine groups is 4. The Bertz CT molecular complexity index is 164. The van der Waals surface area contributed by atoms with E-state index in [2.05, 4.69) is 0 Å². The van der Waals surface area contributed by atoms with Gasteiger partial charge in [0.15, 0.2) is 6.20 Å². The van der Waals surface area contributed by atoms with Crippen LogP contribution in [0, 0.1) is 0 Å². The quantitative estimate of drug-likeness (QED) is 0.594. The van der Waals surface area contributed by atoms with E-state index in [-0.39, 0.29) is 4.81 Å². The Hall–Kier alpha value is -0.580. The predicted molar refractivity (Wildman–Crippen MR) is 45.3 cm³/mol. The summed E-state index contributed by atoms with van der Waals surface area (Å²) in [5, 5.41) is 0. The van der Waals surface area contributed by atoms with Crippen molar-refractivity contribution >= 4 is 0 Å². The van der Waals surface area contributed by atoms with Gasteiger partial charge in [0, 0.05) is 11.9 Å². The largest absolute Gasteiger partial charge is 0.324 e. The fourth-order valence-electron chi connectivity index (χ4n) is 1.26. The van der Waals surface area contributed by atoms with Crippen molar-refractivity contribution < 1.29 is 14.5 Å². The van der Waals surface area contributed by atoms with Crippen LogP contribution in [0.4, 0.5) is 0 Å². The molecule has 0 aromatic rings. The standard InChI is InChI=1S/C8H17N2O2/c1-4-11-10(12-5-2)7-6-9(3)8-10/h6-7H,4-5,8H2,1-3H3/q+1. The molecular formula is C8H17N2O2+. The fraction of sp³-hybridized carbons (Fsp3) is 0.750. The van der Waals surface area contributed by atoms with Gasteiger partial charge in [0.25, 0.3) is 0 Å². The normalized spacial score (nSPS) is 20.4. The van der Waals surface area contributed by atoms with Crippen molar-refractivity contribution in [1.29, 1.82) is 0 Å². The van der Waals surface area contributed by atoms with Gasteiger partial charge in [-0.25, -0.2) is 0 Å². The molecule has 0 saturated heterocycles. The van der Waals surface area contributed by atoms with Crippen molar-refractivity contribution in [1.82, 2.24) is 4.90 Å². The Morgan fingerprint density at radius 3 is 2.25 bits per heavy atom. The molecule has 0 aromatic heterocycles. The van der Waals surface area contributed by atoms with Gasteiger partial charge in [-0.2, -0.15) is 9.68 Å². The Kier molecular flexibility index (Phi) is 3.08. The van der Waals surface area contributed by atoms with Gasteiger partial charge < -0.3 is 4.90 Å². The molecule has 1 rings (SSSR count). The molecule has 0 saturated carbocycles. The maximum Gasteiger partial charge on any atom is 0.222 e. The summed E-state index contributed by atoms with van der Waals surface area (Å²) in [4.78, 5) is 13.2. The highest BCUT2D eigenvalue weighted by Gasteiger charge is 2.34. The molecule has 1 aliphatic heterocycles. The highest BCUT2D eigenvalue weighted by molar-refractivity contribution is 4.75. The lowest BCUT2D eigenvalue weighted by atomic mass is 10.8. The number of quaternary nitrogens is 1. The number of nitrogens with zero attached hydrogens (tertiary/aromatic N) is 2. The maximum atomic E-state index is 5.49. The Morgan fingerprint density at radius 2 is 1.92 bits per heavy atom. The summed E-state index contributed by atoms with van der Waals surface area (Å²) in [7, 11) is 1.99. The van der Waals surface area contributed by atoms with Crippen LogP contribution < -0.4 is 0 Å². The van der Waals surface area contributed by atoms with Gasteiger partial charge in [-0.3, -0.25) is 0 Å². The van der Waals surface area contributed by atoms with Crippen LogP contribution in [0.25, 0.3) is 0 Å². The van der Waals surface area contributed by atoms with Gasteiger partial charge in [0.05, 0.1) is 6.20 Å². The van der Waals surface area contributed by atoms with E-state index < -0.39 is 0 Å². The van der Waals surface area contributed by atoms with E-state index >= 15 is 0 Å². The van der Waals surface area contributed by atoms with Gasteiger partial charge in [-0.1, -0.05) is 0 Å². The molecule has 0 radical (unpaired) electrons. The lowest BCUT2D eigenvalue weighted by Crippen LogP contribution is -2.44. The van der Waals surface area contributed by atoms with E-state index in [0.717, 1.165) is 6.67 Å². The highest BCUT2D eigenvalue weighted by atomic mass is 17.0. The van der Waals surface area contributed by atoms with Crippen molar-refractivity contribution in [3.05, 3.63) is 12.4 Å². The van der Waals surface area contributed by atoms with Crippen molar-refractivity contribution in [3.8, 4) is 0 Å². The van der Waals surface area contributed by atoms with Crippen LogP contribution in [0.1, 0.15) is 13.8 Å². The van der Waals surface area contributed by atoms with Gasteiger partial charge in [-0.05, 0) is 13.8 Å². The summed E-state index contributed by atoms with van der Waals surface area (Å²) in [5.41, 5.74) is 0. The van der Waals surface area contributed by atoms with Crippen molar-refractivity contribution in [2.45, 2.75) is 13.8 Å². The first kappa shape index (κ1) is 9.51. The van der Waals surface area contributed by atoms with Gasteiger partial charge in [0.2, 0.25) is 6.67 Å². The number of rotatable bonds is 4. The molecule has 0 spiro atoms. The lowest BCUT2D eigenvalue weighted by molar-refractivity contribution is -1.21. The minimum absolute atomic E-state index is 0.170. The predicted octanol–water partition coefficient (Wildman–Crippen LogP) is 1.08. The first-order chi connectivity index (χ1) is 5.72. The van der Waals surface area contributed by atoms with Gasteiger partial charge in [0.1, 0.15) is 13.2 Å². The second-order valence-corrected chi connectivity index (χ2v) is 2.76. The second kappa shape index (κ2) is 3.89. The molecule has 0 bridgehead atoms. The Morgan fingerprint density at radius 1 is 1.33 bits per heavy atom. The molecule has 0 aromatic carbocycles. The summed E-state index contributed by atoms with van der Waals surface area (Å²) in [6.07, 6.45) is 3.87. The average molecular weight is 173 g/mol. The zero-order chi connectivity index (χ0) is 9.03. The van der Waals surface area contributed by atoms with Crippen LogP contribution in [0.3, 0.4) is 0 Å². The summed E-state index contributed by atoms with van der Waals surface area (Å²) < 4.78 is 0. The lowest BCUT2D eigenvalue weighted by Gasteiger charge is -2.25. The molecule has 0 aliphatic carbocycles. The highest BCUT2D eigenvalue weighted by Crippen LogP contribution is 2.18. The van der Waals surface area contributed by atoms with Crippen molar-refractivity contribution in [2.75, 3.05) is 26.9 Å². The summed E-state index contributed by atoms with van der Waals surface area (Å²) >= 11 is 0. The Labute approximate surface area is 73.5 Å². The molecule has 70 valence electrons. The molecule has 0 atom stereocenters. The third-order valence-corrected chi connectivity index (χ3v) is 1.66. The summed E-state index contributed by atoms with van der Waals surface area (Å²) in [5.74, 6) is 0. The maximum absolute atomic E-state index is 5.49. The van der Waals surface area contributed by atoms with E-state index in [1.54, 1.807) is 0 Å². The summed E-state index contributed by atoms with van der Waals surface area (Å²) in [6.45, 7) is 5.95. The minimum Gasteiger partial charge on any atom is -0.324 e. The van der Waals surface area contributed by atoms with Gasteiger partial charge in [-0.15, -0.1) is 0 Å². The molecule has 0 N–H and O–H groups in total. The van der Waals surface area contributed by atoms with Crippen LogP contribution in [0.15, 0.2) is 12.4 Å². The molecule has 1 aliphatic rings. The molecule has 1 heterocycles. The van der Waals surface area contributed by atoms with E-state index in [0.29, 0.717) is 13.2 Å². The molecule has 4 nitrogen and oxygen atoms in total. The van der Waals surface area contributed by atoms with Crippen LogP contribution >= 0.6 is 0 Å². The van der Waals surface area contributed by atoms with Crippen LogP contribution in [-0.2, 0) is 9.68 Å². The molecule has 0 unspecified atom stereocenters. The first-order valence-corrected chi connectivity index (χ1v) is 4.29. The van der Waals surface area contributed by atoms with Crippen molar-refractivity contribution in [3.63, 3.8) is 0 Å². The van der Waals surface area contributed by atoms with Crippen LogP contribution in [0.5, 0.6) is 0 Å². The minimum atomic E-state index is 0.170. The van der Waals surface area contributed by atoms with E-state index in [4.69, 9.17) is 9.68 Å². The third kappa shape index (κ3) is 1.97. The van der Waals surface area contributed by atoms with Crippen LogP contribution in [-0.4, -0.2) is 36.6 Å². The van der Waals surface area contributed by atoms with Crippen LogP contribution in [0.2, 0.25) is 0 Å². The SMILES string of the molecule is CCO[N+]1(OCC)C=CN(C)C1. The van der Waals surface area contributed by atoms with E-state index in [9.17, 15) is 0 Å². The zero-order valence-electron chi connectivity index (χ0n) is 7.99. The topological polar surface area (TPSA) is 21.7 Å². The zero-order valence-corrected chi connectivity index (χ0v) is 7.99. The molecule has 0 amide bonds. The number of hydrogen-bond acceptors (Lipinski definition) is 3.